The first-order valence-corrected chi connectivity index (χ1v) is 8.84. The molecular weight excluding hydrogens is 344 g/mol. The molecule has 4 rings (SSSR count). The maximum Gasteiger partial charge on any atom is 0.306 e. The Morgan fingerprint density at radius 1 is 1.37 bits per heavy atom. The van der Waals surface area contributed by atoms with Crippen LogP contribution in [0.1, 0.15) is 31.2 Å². The number of carboxylic acids is 1. The maximum absolute atomic E-state index is 11.3. The van der Waals surface area contributed by atoms with Crippen LogP contribution in [0.3, 0.4) is 0 Å². The van der Waals surface area contributed by atoms with E-state index in [1.807, 2.05) is 12.1 Å². The molecule has 0 aromatic carbocycles. The fourth-order valence-electron chi connectivity index (χ4n) is 3.62. The van der Waals surface area contributed by atoms with Crippen molar-refractivity contribution in [2.24, 2.45) is 5.92 Å². The predicted molar refractivity (Wildman–Crippen MR) is 98.8 cm³/mol. The molecule has 3 aromatic heterocycles. The van der Waals surface area contributed by atoms with E-state index in [9.17, 15) is 15.2 Å². The Labute approximate surface area is 155 Å². The molecular formula is C19H18N6O2. The fraction of sp³-hybridized carbons (Fsp3) is 0.316. The zero-order chi connectivity index (χ0) is 18.8. The number of carboxylic acid groups (broad SMARTS) is 1. The summed E-state index contributed by atoms with van der Waals surface area (Å²) in [5, 5.41) is 22.8. The van der Waals surface area contributed by atoms with Gasteiger partial charge in [-0.1, -0.05) is 6.42 Å². The van der Waals surface area contributed by atoms with Crippen LogP contribution in [-0.4, -0.2) is 37.1 Å². The van der Waals surface area contributed by atoms with Gasteiger partial charge in [0.25, 0.3) is 0 Å². The second-order valence-corrected chi connectivity index (χ2v) is 6.71. The van der Waals surface area contributed by atoms with Gasteiger partial charge in [0.05, 0.1) is 23.4 Å². The van der Waals surface area contributed by atoms with Gasteiger partial charge in [0.15, 0.2) is 0 Å². The van der Waals surface area contributed by atoms with Gasteiger partial charge in [-0.25, -0.2) is 15.0 Å². The second-order valence-electron chi connectivity index (χ2n) is 6.71. The summed E-state index contributed by atoms with van der Waals surface area (Å²) in [7, 11) is 0. The summed E-state index contributed by atoms with van der Waals surface area (Å²) in [5.41, 5.74) is 2.41. The highest BCUT2D eigenvalue weighted by atomic mass is 16.4. The van der Waals surface area contributed by atoms with Crippen molar-refractivity contribution in [3.8, 4) is 17.3 Å². The van der Waals surface area contributed by atoms with E-state index in [1.165, 1.54) is 6.20 Å². The van der Waals surface area contributed by atoms with E-state index in [2.05, 4.69) is 31.3 Å². The number of pyridine rings is 1. The SMILES string of the molecule is N#Cc1cnc(N[C@H]2CCC[C@@H](C(=O)O)C2)nc1-c1c[nH]c2ncccc12. The third kappa shape index (κ3) is 3.31. The van der Waals surface area contributed by atoms with Crippen molar-refractivity contribution >= 4 is 23.0 Å². The van der Waals surface area contributed by atoms with Gasteiger partial charge < -0.3 is 15.4 Å². The fourth-order valence-corrected chi connectivity index (χ4v) is 3.62. The molecule has 2 atom stereocenters. The van der Waals surface area contributed by atoms with Crippen molar-refractivity contribution in [2.45, 2.75) is 31.7 Å². The molecule has 0 aliphatic heterocycles. The van der Waals surface area contributed by atoms with Gasteiger partial charge in [-0.3, -0.25) is 4.79 Å². The van der Waals surface area contributed by atoms with Crippen LogP contribution >= 0.6 is 0 Å². The van der Waals surface area contributed by atoms with Crippen molar-refractivity contribution in [1.82, 2.24) is 19.9 Å². The van der Waals surface area contributed by atoms with Crippen LogP contribution < -0.4 is 5.32 Å². The van der Waals surface area contributed by atoms with E-state index < -0.39 is 5.97 Å². The zero-order valence-corrected chi connectivity index (χ0v) is 14.5. The number of aromatic amines is 1. The molecule has 1 saturated carbocycles. The highest BCUT2D eigenvalue weighted by Gasteiger charge is 2.27. The Morgan fingerprint density at radius 3 is 3.07 bits per heavy atom. The molecule has 27 heavy (non-hydrogen) atoms. The quantitative estimate of drug-likeness (QED) is 0.651. The molecule has 3 aromatic rings. The molecule has 1 aliphatic rings. The summed E-state index contributed by atoms with van der Waals surface area (Å²) in [4.78, 5) is 27.4. The summed E-state index contributed by atoms with van der Waals surface area (Å²) < 4.78 is 0. The summed E-state index contributed by atoms with van der Waals surface area (Å²) in [5.74, 6) is -0.693. The largest absolute Gasteiger partial charge is 0.481 e. The summed E-state index contributed by atoms with van der Waals surface area (Å²) in [6.45, 7) is 0. The summed E-state index contributed by atoms with van der Waals surface area (Å²) >= 11 is 0. The van der Waals surface area contributed by atoms with Crippen LogP contribution in [0.2, 0.25) is 0 Å². The van der Waals surface area contributed by atoms with Crippen molar-refractivity contribution in [3.05, 3.63) is 36.3 Å². The Balaban J connectivity index is 1.66. The van der Waals surface area contributed by atoms with Crippen LogP contribution in [0, 0.1) is 17.2 Å². The van der Waals surface area contributed by atoms with Gasteiger partial charge >= 0.3 is 5.97 Å². The lowest BCUT2D eigenvalue weighted by atomic mass is 9.86. The first-order valence-electron chi connectivity index (χ1n) is 8.84. The van der Waals surface area contributed by atoms with Gasteiger partial charge in [-0.15, -0.1) is 0 Å². The van der Waals surface area contributed by atoms with Gasteiger partial charge in [0.1, 0.15) is 11.7 Å². The van der Waals surface area contributed by atoms with Crippen molar-refractivity contribution in [1.29, 1.82) is 5.26 Å². The normalized spacial score (nSPS) is 19.5. The number of anilines is 1. The molecule has 8 nitrogen and oxygen atoms in total. The molecule has 3 N–H and O–H groups in total. The minimum absolute atomic E-state index is 0.00488. The lowest BCUT2D eigenvalue weighted by Crippen LogP contribution is -2.31. The summed E-state index contributed by atoms with van der Waals surface area (Å²) in [6, 6.07) is 5.89. The van der Waals surface area contributed by atoms with Crippen LogP contribution in [-0.2, 0) is 4.79 Å². The van der Waals surface area contributed by atoms with Gasteiger partial charge in [-0.2, -0.15) is 5.26 Å². The second kappa shape index (κ2) is 7.03. The van der Waals surface area contributed by atoms with Crippen LogP contribution in [0.4, 0.5) is 5.95 Å². The molecule has 3 heterocycles. The zero-order valence-electron chi connectivity index (χ0n) is 14.5. The lowest BCUT2D eigenvalue weighted by molar-refractivity contribution is -0.142. The third-order valence-corrected chi connectivity index (χ3v) is 4.97. The minimum Gasteiger partial charge on any atom is -0.481 e. The van der Waals surface area contributed by atoms with Crippen LogP contribution in [0.25, 0.3) is 22.3 Å². The van der Waals surface area contributed by atoms with E-state index >= 15 is 0 Å². The Hall–Kier alpha value is -3.47. The van der Waals surface area contributed by atoms with Crippen molar-refractivity contribution in [3.63, 3.8) is 0 Å². The average Bonchev–Trinajstić information content (AvgIpc) is 3.12. The molecule has 136 valence electrons. The first-order chi connectivity index (χ1) is 13.2. The standard InChI is InChI=1S/C19H18N6O2/c20-8-12-9-23-19(24-13-4-1-3-11(7-13)18(26)27)25-16(12)15-10-22-17-14(15)5-2-6-21-17/h2,5-6,9-11,13H,1,3-4,7H2,(H,21,22)(H,26,27)(H,23,24,25)/t11-,13+/m1/s1. The molecule has 0 spiro atoms. The number of nitrogens with one attached hydrogen (secondary N) is 2. The number of nitriles is 1. The highest BCUT2D eigenvalue weighted by molar-refractivity contribution is 5.93. The van der Waals surface area contributed by atoms with E-state index in [0.717, 1.165) is 29.4 Å². The van der Waals surface area contributed by atoms with Gasteiger partial charge in [0, 0.05) is 29.4 Å². The molecule has 0 radical (unpaired) electrons. The van der Waals surface area contributed by atoms with E-state index in [-0.39, 0.29) is 12.0 Å². The molecule has 0 unspecified atom stereocenters. The van der Waals surface area contributed by atoms with Gasteiger partial charge in [-0.05, 0) is 31.4 Å². The predicted octanol–water partition coefficient (Wildman–Crippen LogP) is 2.95. The number of carbonyl (C=O) groups is 1. The van der Waals surface area contributed by atoms with E-state index in [0.29, 0.717) is 30.0 Å². The highest BCUT2D eigenvalue weighted by Crippen LogP contribution is 2.30. The lowest BCUT2D eigenvalue weighted by Gasteiger charge is -2.27. The first kappa shape index (κ1) is 17.0. The Kier molecular flexibility index (Phi) is 4.42. The monoisotopic (exact) mass is 362 g/mol. The van der Waals surface area contributed by atoms with E-state index in [1.54, 1.807) is 12.4 Å². The average molecular weight is 362 g/mol. The number of hydrogen-bond donors (Lipinski definition) is 3. The molecule has 0 amide bonds. The van der Waals surface area contributed by atoms with Crippen LogP contribution in [0.15, 0.2) is 30.7 Å². The topological polar surface area (TPSA) is 128 Å². The number of H-pyrrole nitrogens is 1. The number of rotatable bonds is 4. The third-order valence-electron chi connectivity index (χ3n) is 4.97. The van der Waals surface area contributed by atoms with E-state index in [4.69, 9.17) is 0 Å². The van der Waals surface area contributed by atoms with Crippen molar-refractivity contribution < 1.29 is 9.90 Å². The number of nitrogens with zero attached hydrogens (tertiary/aromatic N) is 4. The number of fused-ring (bicyclic) bond motifs is 1. The van der Waals surface area contributed by atoms with Crippen molar-refractivity contribution in [2.75, 3.05) is 5.32 Å². The molecule has 8 heteroatoms. The molecule has 0 saturated heterocycles. The molecule has 0 bridgehead atoms. The summed E-state index contributed by atoms with van der Waals surface area (Å²) in [6.07, 6.45) is 7.96. The van der Waals surface area contributed by atoms with Gasteiger partial charge in [0.2, 0.25) is 5.95 Å². The Bertz CT molecular complexity index is 1040. The maximum atomic E-state index is 11.3. The minimum atomic E-state index is -0.755. The number of hydrogen-bond acceptors (Lipinski definition) is 6. The smallest absolute Gasteiger partial charge is 0.306 e. The number of aromatic nitrogens is 4. The number of aliphatic carboxylic acids is 1. The van der Waals surface area contributed by atoms with Crippen LogP contribution in [0.5, 0.6) is 0 Å². The molecule has 1 aliphatic carbocycles. The molecule has 1 fully saturated rings. The Morgan fingerprint density at radius 2 is 2.26 bits per heavy atom.